The van der Waals surface area contributed by atoms with Crippen molar-refractivity contribution in [2.75, 3.05) is 20.1 Å². The average Bonchev–Trinajstić information content (AvgIpc) is 2.87. The predicted octanol–water partition coefficient (Wildman–Crippen LogP) is 2.73. The molecule has 3 heteroatoms. The van der Waals surface area contributed by atoms with Crippen molar-refractivity contribution >= 4 is 0 Å². The van der Waals surface area contributed by atoms with Crippen LogP contribution in [0.15, 0.2) is 0 Å². The summed E-state index contributed by atoms with van der Waals surface area (Å²) in [5.41, 5.74) is 0.408. The topological polar surface area (TPSA) is 26.7 Å². The highest BCUT2D eigenvalue weighted by Crippen LogP contribution is 2.54. The summed E-state index contributed by atoms with van der Waals surface area (Å²) >= 11 is 0. The maximum absolute atomic E-state index is 10.2. The summed E-state index contributed by atoms with van der Waals surface area (Å²) in [4.78, 5) is 5.18. The van der Waals surface area contributed by atoms with Crippen LogP contribution < -0.4 is 0 Å². The van der Waals surface area contributed by atoms with Crippen LogP contribution in [0.5, 0.6) is 0 Å². The molecule has 0 aromatic carbocycles. The molecule has 0 aliphatic carbocycles. The van der Waals surface area contributed by atoms with E-state index in [1.165, 1.54) is 19.3 Å². The molecule has 2 rings (SSSR count). The summed E-state index contributed by atoms with van der Waals surface area (Å²) in [6.45, 7) is 13.7. The van der Waals surface area contributed by atoms with E-state index in [0.717, 1.165) is 19.5 Å². The molecule has 2 heterocycles. The molecule has 0 saturated carbocycles. The van der Waals surface area contributed by atoms with Gasteiger partial charge in [0, 0.05) is 23.7 Å². The van der Waals surface area contributed by atoms with Gasteiger partial charge in [0.15, 0.2) is 0 Å². The third kappa shape index (κ3) is 2.13. The highest BCUT2D eigenvalue weighted by molar-refractivity contribution is 5.20. The molecule has 0 spiro atoms. The molecule has 3 nitrogen and oxygen atoms in total. The number of nitrogens with zero attached hydrogens (tertiary/aromatic N) is 2. The second-order valence-electron chi connectivity index (χ2n) is 7.54. The molecule has 1 N–H and O–H groups in total. The minimum atomic E-state index is -0.141. The number of unbranched alkanes of at least 4 members (excludes halogenated alkanes) is 1. The number of likely N-dealkylation sites (N-methyl/N-ethyl adjacent to an activating group) is 1. The van der Waals surface area contributed by atoms with E-state index in [4.69, 9.17) is 0 Å². The molecule has 0 radical (unpaired) electrons. The van der Waals surface area contributed by atoms with E-state index in [2.05, 4.69) is 51.5 Å². The molecular weight excluding hydrogens is 248 g/mol. The molecule has 0 aromatic heterocycles. The van der Waals surface area contributed by atoms with Crippen molar-refractivity contribution in [1.82, 2.24) is 9.80 Å². The molecule has 4 atom stereocenters. The van der Waals surface area contributed by atoms with Crippen LogP contribution in [0.3, 0.4) is 0 Å². The normalized spacial score (nSPS) is 40.5. The lowest BCUT2D eigenvalue weighted by molar-refractivity contribution is 0.0402. The van der Waals surface area contributed by atoms with Crippen LogP contribution in [0, 0.1) is 5.92 Å². The van der Waals surface area contributed by atoms with E-state index in [-0.39, 0.29) is 17.2 Å². The zero-order valence-corrected chi connectivity index (χ0v) is 14.3. The van der Waals surface area contributed by atoms with Gasteiger partial charge in [0.1, 0.15) is 0 Å². The van der Waals surface area contributed by atoms with E-state index >= 15 is 0 Å². The number of aliphatic hydroxyl groups excluding tert-OH is 1. The van der Waals surface area contributed by atoms with Crippen molar-refractivity contribution < 1.29 is 5.11 Å². The van der Waals surface area contributed by atoms with Gasteiger partial charge in [0.05, 0.1) is 6.10 Å². The van der Waals surface area contributed by atoms with Crippen LogP contribution in [-0.4, -0.2) is 58.3 Å². The fourth-order valence-corrected chi connectivity index (χ4v) is 4.99. The minimum Gasteiger partial charge on any atom is -0.392 e. The van der Waals surface area contributed by atoms with Crippen molar-refractivity contribution in [2.24, 2.45) is 5.92 Å². The summed E-state index contributed by atoms with van der Waals surface area (Å²) < 4.78 is 0. The summed E-state index contributed by atoms with van der Waals surface area (Å²) in [6.07, 6.45) is 4.60. The van der Waals surface area contributed by atoms with Gasteiger partial charge in [-0.1, -0.05) is 33.6 Å². The van der Waals surface area contributed by atoms with E-state index in [0.29, 0.717) is 12.0 Å². The zero-order valence-electron chi connectivity index (χ0n) is 14.3. The van der Waals surface area contributed by atoms with Crippen LogP contribution >= 0.6 is 0 Å². The fraction of sp³-hybridized carbons (Fsp3) is 1.00. The molecule has 2 aliphatic rings. The number of hydrogen-bond donors (Lipinski definition) is 1. The molecule has 0 aromatic rings. The monoisotopic (exact) mass is 282 g/mol. The fourth-order valence-electron chi connectivity index (χ4n) is 4.99. The smallest absolute Gasteiger partial charge is 0.0683 e. The number of hydrogen-bond acceptors (Lipinski definition) is 3. The van der Waals surface area contributed by atoms with Crippen molar-refractivity contribution in [1.29, 1.82) is 0 Å². The molecule has 4 unspecified atom stereocenters. The van der Waals surface area contributed by atoms with Crippen LogP contribution in [0.2, 0.25) is 0 Å². The summed E-state index contributed by atoms with van der Waals surface area (Å²) in [5, 5.41) is 10.2. The van der Waals surface area contributed by atoms with Gasteiger partial charge in [-0.15, -0.1) is 0 Å². The Morgan fingerprint density at radius 2 is 1.95 bits per heavy atom. The van der Waals surface area contributed by atoms with Gasteiger partial charge in [-0.25, -0.2) is 0 Å². The summed E-state index contributed by atoms with van der Waals surface area (Å²) in [6, 6.07) is 0.513. The van der Waals surface area contributed by atoms with Crippen LogP contribution in [0.4, 0.5) is 0 Å². The quantitative estimate of drug-likeness (QED) is 0.840. The van der Waals surface area contributed by atoms with Gasteiger partial charge in [0.25, 0.3) is 0 Å². The molecular formula is C17H34N2O. The highest BCUT2D eigenvalue weighted by atomic mass is 16.3. The lowest BCUT2D eigenvalue weighted by Gasteiger charge is -2.47. The maximum atomic E-state index is 10.2. The van der Waals surface area contributed by atoms with Gasteiger partial charge >= 0.3 is 0 Å². The van der Waals surface area contributed by atoms with E-state index in [1.54, 1.807) is 0 Å². The van der Waals surface area contributed by atoms with Gasteiger partial charge in [-0.2, -0.15) is 0 Å². The Balaban J connectivity index is 2.42. The predicted molar refractivity (Wildman–Crippen MR) is 84.9 cm³/mol. The number of fused-ring (bicyclic) bond motifs is 1. The maximum Gasteiger partial charge on any atom is 0.0683 e. The number of β-amino-alcohol motifs (C(OH)–C–C–N with tert-alkyl or cyclic N) is 1. The van der Waals surface area contributed by atoms with Crippen molar-refractivity contribution in [3.63, 3.8) is 0 Å². The lowest BCUT2D eigenvalue weighted by Crippen LogP contribution is -2.57. The Bertz CT molecular complexity index is 344. The highest BCUT2D eigenvalue weighted by Gasteiger charge is 2.64. The third-order valence-corrected chi connectivity index (χ3v) is 6.52. The third-order valence-electron chi connectivity index (χ3n) is 6.52. The van der Waals surface area contributed by atoms with E-state index in [9.17, 15) is 5.11 Å². The Kier molecular flexibility index (Phi) is 4.54. The Morgan fingerprint density at radius 1 is 1.30 bits per heavy atom. The van der Waals surface area contributed by atoms with Crippen LogP contribution in [-0.2, 0) is 0 Å². The second kappa shape index (κ2) is 5.58. The van der Waals surface area contributed by atoms with Crippen molar-refractivity contribution in [3.8, 4) is 0 Å². The SMILES string of the molecule is CCCCC1(N(C)CC)C2CC(O)CN2C(C)(C)C1C. The average molecular weight is 282 g/mol. The summed E-state index contributed by atoms with van der Waals surface area (Å²) in [7, 11) is 2.29. The van der Waals surface area contributed by atoms with Gasteiger partial charge in [-0.3, -0.25) is 9.80 Å². The summed E-state index contributed by atoms with van der Waals surface area (Å²) in [5.74, 6) is 0.629. The van der Waals surface area contributed by atoms with Crippen molar-refractivity contribution in [2.45, 2.75) is 83.5 Å². The van der Waals surface area contributed by atoms with Crippen LogP contribution in [0.25, 0.3) is 0 Å². The zero-order chi connectivity index (χ0) is 15.1. The molecule has 20 heavy (non-hydrogen) atoms. The molecule has 0 amide bonds. The number of aliphatic hydroxyl groups is 1. The first-order valence-electron chi connectivity index (χ1n) is 8.48. The van der Waals surface area contributed by atoms with E-state index < -0.39 is 0 Å². The number of rotatable bonds is 5. The first-order valence-corrected chi connectivity index (χ1v) is 8.48. The standard InChI is InChI=1S/C17H34N2O/c1-7-9-10-17(18(6)8-2)13(3)16(4,5)19-12-14(20)11-15(17)19/h13-15,20H,7-12H2,1-6H3. The van der Waals surface area contributed by atoms with Crippen LogP contribution in [0.1, 0.15) is 60.3 Å². The Hall–Kier alpha value is -0.120. The Morgan fingerprint density at radius 3 is 2.50 bits per heavy atom. The van der Waals surface area contributed by atoms with Gasteiger partial charge < -0.3 is 5.11 Å². The minimum absolute atomic E-state index is 0.141. The van der Waals surface area contributed by atoms with Crippen molar-refractivity contribution in [3.05, 3.63) is 0 Å². The molecule has 0 bridgehead atoms. The molecule has 2 aliphatic heterocycles. The molecule has 2 saturated heterocycles. The first kappa shape index (κ1) is 16.3. The van der Waals surface area contributed by atoms with Gasteiger partial charge in [0.2, 0.25) is 0 Å². The largest absolute Gasteiger partial charge is 0.392 e. The molecule has 2 fully saturated rings. The Labute approximate surface area is 125 Å². The lowest BCUT2D eigenvalue weighted by atomic mass is 9.71. The molecule has 118 valence electrons. The van der Waals surface area contributed by atoms with E-state index in [1.807, 2.05) is 0 Å². The van der Waals surface area contributed by atoms with Gasteiger partial charge in [-0.05, 0) is 46.2 Å². The first-order chi connectivity index (χ1) is 9.32. The second-order valence-corrected chi connectivity index (χ2v) is 7.54.